The molecular weight excluding hydrogens is 414 g/mol. The predicted octanol–water partition coefficient (Wildman–Crippen LogP) is 3.81. The van der Waals surface area contributed by atoms with E-state index in [0.29, 0.717) is 13.1 Å². The maximum absolute atomic E-state index is 12.7. The molecule has 3 aromatic heterocycles. The summed E-state index contributed by atoms with van der Waals surface area (Å²) in [4.78, 5) is 16.6. The molecule has 0 N–H and O–H groups in total. The van der Waals surface area contributed by atoms with Crippen LogP contribution in [0.1, 0.15) is 37.0 Å². The summed E-state index contributed by atoms with van der Waals surface area (Å²) in [5.74, 6) is 4.33. The standard InChI is InChI=1S/C22H29N5O3S/c1-16-8-10-26(11-9-16)21-23-24-22(27(21)14-18-5-4-12-29-18)31-15-20(28)25(3)13-19-7-6-17(2)30-19/h4-7,12,16H,8-11,13-15H2,1-3H3. The van der Waals surface area contributed by atoms with Crippen LogP contribution in [-0.4, -0.2) is 51.5 Å². The third-order valence-electron chi connectivity index (χ3n) is 5.60. The van der Waals surface area contributed by atoms with Crippen molar-refractivity contribution >= 4 is 23.6 Å². The molecule has 0 bridgehead atoms. The minimum absolute atomic E-state index is 0.0138. The lowest BCUT2D eigenvalue weighted by atomic mass is 10.00. The van der Waals surface area contributed by atoms with E-state index in [1.54, 1.807) is 18.2 Å². The van der Waals surface area contributed by atoms with E-state index in [0.717, 1.165) is 60.2 Å². The first-order valence-corrected chi connectivity index (χ1v) is 11.6. The van der Waals surface area contributed by atoms with E-state index >= 15 is 0 Å². The van der Waals surface area contributed by atoms with Gasteiger partial charge in [-0.15, -0.1) is 10.2 Å². The monoisotopic (exact) mass is 443 g/mol. The van der Waals surface area contributed by atoms with Crippen LogP contribution in [0.2, 0.25) is 0 Å². The molecule has 0 aromatic carbocycles. The first kappa shape index (κ1) is 21.5. The number of nitrogens with zero attached hydrogens (tertiary/aromatic N) is 5. The number of thioether (sulfide) groups is 1. The Labute approximate surface area is 186 Å². The summed E-state index contributed by atoms with van der Waals surface area (Å²) in [7, 11) is 1.79. The third kappa shape index (κ3) is 5.33. The summed E-state index contributed by atoms with van der Waals surface area (Å²) in [6, 6.07) is 7.63. The number of aryl methyl sites for hydroxylation is 1. The van der Waals surface area contributed by atoms with E-state index in [2.05, 4.69) is 26.6 Å². The molecule has 0 saturated carbocycles. The van der Waals surface area contributed by atoms with Crippen LogP contribution in [0.5, 0.6) is 0 Å². The van der Waals surface area contributed by atoms with E-state index < -0.39 is 0 Å². The largest absolute Gasteiger partial charge is 0.467 e. The maximum atomic E-state index is 12.7. The number of hydrogen-bond acceptors (Lipinski definition) is 7. The molecule has 31 heavy (non-hydrogen) atoms. The first-order chi connectivity index (χ1) is 15.0. The molecule has 9 heteroatoms. The molecule has 4 heterocycles. The molecule has 8 nitrogen and oxygen atoms in total. The highest BCUT2D eigenvalue weighted by Crippen LogP contribution is 2.27. The van der Waals surface area contributed by atoms with Crippen LogP contribution in [0.3, 0.4) is 0 Å². The number of carbonyl (C=O) groups is 1. The summed E-state index contributed by atoms with van der Waals surface area (Å²) < 4.78 is 13.2. The molecule has 166 valence electrons. The number of anilines is 1. The van der Waals surface area contributed by atoms with Gasteiger partial charge in [0.15, 0.2) is 5.16 Å². The minimum atomic E-state index is 0.0138. The topological polar surface area (TPSA) is 80.5 Å². The lowest BCUT2D eigenvalue weighted by Gasteiger charge is -2.31. The molecule has 1 saturated heterocycles. The fourth-order valence-electron chi connectivity index (χ4n) is 3.66. The Kier molecular flexibility index (Phi) is 6.70. The highest BCUT2D eigenvalue weighted by atomic mass is 32.2. The second-order valence-corrected chi connectivity index (χ2v) is 9.11. The Hall–Kier alpha value is -2.68. The summed E-state index contributed by atoms with van der Waals surface area (Å²) in [5.41, 5.74) is 0. The number of rotatable bonds is 8. The van der Waals surface area contributed by atoms with Gasteiger partial charge in [0, 0.05) is 20.1 Å². The van der Waals surface area contributed by atoms with Crippen molar-refractivity contribution in [3.8, 4) is 0 Å². The molecule has 1 fully saturated rings. The average Bonchev–Trinajstić information content (AvgIpc) is 3.50. The zero-order valence-electron chi connectivity index (χ0n) is 18.3. The fraction of sp³-hybridized carbons (Fsp3) is 0.500. The molecule has 4 rings (SSSR count). The summed E-state index contributed by atoms with van der Waals surface area (Å²) in [6.07, 6.45) is 3.96. The smallest absolute Gasteiger partial charge is 0.233 e. The molecule has 0 aliphatic carbocycles. The minimum Gasteiger partial charge on any atom is -0.467 e. The second-order valence-electron chi connectivity index (χ2n) is 8.17. The number of furan rings is 2. The second kappa shape index (κ2) is 9.64. The van der Waals surface area contributed by atoms with E-state index in [4.69, 9.17) is 8.83 Å². The normalized spacial score (nSPS) is 14.9. The van der Waals surface area contributed by atoms with Gasteiger partial charge < -0.3 is 18.6 Å². The van der Waals surface area contributed by atoms with Gasteiger partial charge >= 0.3 is 0 Å². The maximum Gasteiger partial charge on any atom is 0.233 e. The van der Waals surface area contributed by atoms with Crippen molar-refractivity contribution < 1.29 is 13.6 Å². The van der Waals surface area contributed by atoms with Crippen LogP contribution in [0.25, 0.3) is 0 Å². The third-order valence-corrected chi connectivity index (χ3v) is 6.55. The van der Waals surface area contributed by atoms with Crippen LogP contribution < -0.4 is 4.90 Å². The van der Waals surface area contributed by atoms with E-state index in [9.17, 15) is 4.79 Å². The number of piperidine rings is 1. The molecule has 1 aliphatic rings. The highest BCUT2D eigenvalue weighted by molar-refractivity contribution is 7.99. The molecule has 0 unspecified atom stereocenters. The number of amides is 1. The lowest BCUT2D eigenvalue weighted by Crippen LogP contribution is -2.35. The first-order valence-electron chi connectivity index (χ1n) is 10.6. The molecule has 1 amide bonds. The molecule has 1 aliphatic heterocycles. The van der Waals surface area contributed by atoms with Crippen molar-refractivity contribution in [3.05, 3.63) is 47.8 Å². The predicted molar refractivity (Wildman–Crippen MR) is 119 cm³/mol. The quantitative estimate of drug-likeness (QED) is 0.490. The van der Waals surface area contributed by atoms with Crippen LogP contribution in [-0.2, 0) is 17.9 Å². The summed E-state index contributed by atoms with van der Waals surface area (Å²) in [6.45, 7) is 7.10. The number of carbonyl (C=O) groups excluding carboxylic acids is 1. The van der Waals surface area contributed by atoms with E-state index in [1.165, 1.54) is 11.8 Å². The van der Waals surface area contributed by atoms with E-state index in [1.807, 2.05) is 31.2 Å². The molecular formula is C22H29N5O3S. The van der Waals surface area contributed by atoms with Gasteiger partial charge in [-0.3, -0.25) is 9.36 Å². The zero-order valence-corrected chi connectivity index (χ0v) is 19.1. The van der Waals surface area contributed by atoms with Gasteiger partial charge in [0.1, 0.15) is 17.3 Å². The summed E-state index contributed by atoms with van der Waals surface area (Å²) >= 11 is 1.41. The Morgan fingerprint density at radius 2 is 2.03 bits per heavy atom. The molecule has 0 spiro atoms. The van der Waals surface area contributed by atoms with Crippen LogP contribution in [0, 0.1) is 12.8 Å². The van der Waals surface area contributed by atoms with Crippen LogP contribution >= 0.6 is 11.8 Å². The van der Waals surface area contributed by atoms with Crippen molar-refractivity contribution in [1.29, 1.82) is 0 Å². The van der Waals surface area contributed by atoms with Crippen molar-refractivity contribution in [2.75, 3.05) is 30.8 Å². The molecule has 3 aromatic rings. The fourth-order valence-corrected chi connectivity index (χ4v) is 4.53. The van der Waals surface area contributed by atoms with Crippen molar-refractivity contribution in [1.82, 2.24) is 19.7 Å². The van der Waals surface area contributed by atoms with Crippen molar-refractivity contribution in [3.63, 3.8) is 0 Å². The van der Waals surface area contributed by atoms with Gasteiger partial charge in [-0.25, -0.2) is 0 Å². The van der Waals surface area contributed by atoms with Crippen molar-refractivity contribution in [2.24, 2.45) is 5.92 Å². The Balaban J connectivity index is 1.44. The van der Waals surface area contributed by atoms with Gasteiger partial charge in [-0.1, -0.05) is 18.7 Å². The molecule has 0 atom stereocenters. The highest BCUT2D eigenvalue weighted by Gasteiger charge is 2.24. The number of aromatic nitrogens is 3. The Morgan fingerprint density at radius 1 is 1.23 bits per heavy atom. The van der Waals surface area contributed by atoms with E-state index in [-0.39, 0.29) is 11.7 Å². The van der Waals surface area contributed by atoms with Crippen molar-refractivity contribution in [2.45, 2.75) is 44.9 Å². The lowest BCUT2D eigenvalue weighted by molar-refractivity contribution is -0.127. The Morgan fingerprint density at radius 3 is 2.71 bits per heavy atom. The number of hydrogen-bond donors (Lipinski definition) is 0. The van der Waals surface area contributed by atoms with Crippen LogP contribution in [0.15, 0.2) is 44.5 Å². The van der Waals surface area contributed by atoms with Gasteiger partial charge in [-0.05, 0) is 49.9 Å². The van der Waals surface area contributed by atoms with Crippen LogP contribution in [0.4, 0.5) is 5.95 Å². The van der Waals surface area contributed by atoms with Gasteiger partial charge in [-0.2, -0.15) is 0 Å². The molecule has 0 radical (unpaired) electrons. The van der Waals surface area contributed by atoms with Gasteiger partial charge in [0.2, 0.25) is 11.9 Å². The Bertz CT molecular complexity index is 989. The van der Waals surface area contributed by atoms with Gasteiger partial charge in [0.05, 0.1) is 25.1 Å². The van der Waals surface area contributed by atoms with Gasteiger partial charge in [0.25, 0.3) is 0 Å². The summed E-state index contributed by atoms with van der Waals surface area (Å²) in [5, 5.41) is 9.61. The average molecular weight is 444 g/mol. The zero-order chi connectivity index (χ0) is 21.8. The SMILES string of the molecule is Cc1ccc(CN(C)C(=O)CSc2nnc(N3CCC(C)CC3)n2Cc2ccco2)o1.